The molecule has 0 fully saturated rings. The SMILES string of the molecule is Cn1cnnc1CNCCCOCC(F)(F)F. The summed E-state index contributed by atoms with van der Waals surface area (Å²) in [4.78, 5) is 0. The van der Waals surface area contributed by atoms with Gasteiger partial charge in [0.05, 0.1) is 6.54 Å². The summed E-state index contributed by atoms with van der Waals surface area (Å²) in [6, 6.07) is 0. The summed E-state index contributed by atoms with van der Waals surface area (Å²) >= 11 is 0. The summed E-state index contributed by atoms with van der Waals surface area (Å²) < 4.78 is 41.3. The predicted molar refractivity (Wildman–Crippen MR) is 54.2 cm³/mol. The second-order valence-electron chi connectivity index (χ2n) is 3.56. The first-order valence-electron chi connectivity index (χ1n) is 5.17. The van der Waals surface area contributed by atoms with Crippen LogP contribution in [-0.2, 0) is 18.3 Å². The van der Waals surface area contributed by atoms with Gasteiger partial charge < -0.3 is 14.6 Å². The molecule has 0 aliphatic carbocycles. The third-order valence-electron chi connectivity index (χ3n) is 2.00. The maximum Gasteiger partial charge on any atom is 0.411 e. The Morgan fingerprint density at radius 2 is 2.24 bits per heavy atom. The lowest BCUT2D eigenvalue weighted by molar-refractivity contribution is -0.173. The lowest BCUT2D eigenvalue weighted by atomic mass is 10.4. The molecule has 1 rings (SSSR count). The molecule has 98 valence electrons. The van der Waals surface area contributed by atoms with Gasteiger partial charge in [-0.3, -0.25) is 0 Å². The molecular weight excluding hydrogens is 237 g/mol. The summed E-state index contributed by atoms with van der Waals surface area (Å²) in [7, 11) is 1.82. The normalized spacial score (nSPS) is 12.0. The van der Waals surface area contributed by atoms with Gasteiger partial charge in [0.2, 0.25) is 0 Å². The van der Waals surface area contributed by atoms with E-state index in [-0.39, 0.29) is 6.61 Å². The number of ether oxygens (including phenoxy) is 1. The number of nitrogens with one attached hydrogen (secondary N) is 1. The summed E-state index contributed by atoms with van der Waals surface area (Å²) in [6.45, 7) is 0.0160. The highest BCUT2D eigenvalue weighted by molar-refractivity contribution is 4.82. The molecule has 0 aliphatic rings. The molecule has 0 saturated carbocycles. The van der Waals surface area contributed by atoms with Crippen LogP contribution >= 0.6 is 0 Å². The van der Waals surface area contributed by atoms with Crippen LogP contribution in [0.15, 0.2) is 6.33 Å². The minimum absolute atomic E-state index is 0.0886. The van der Waals surface area contributed by atoms with Gasteiger partial charge >= 0.3 is 6.18 Å². The molecule has 0 bridgehead atoms. The van der Waals surface area contributed by atoms with Gasteiger partial charge in [0.15, 0.2) is 0 Å². The molecule has 1 aromatic rings. The minimum Gasteiger partial charge on any atom is -0.372 e. The van der Waals surface area contributed by atoms with Crippen molar-refractivity contribution in [2.24, 2.45) is 7.05 Å². The highest BCUT2D eigenvalue weighted by Gasteiger charge is 2.27. The maximum atomic E-state index is 11.7. The lowest BCUT2D eigenvalue weighted by Crippen LogP contribution is -2.21. The van der Waals surface area contributed by atoms with Crippen molar-refractivity contribution in [2.75, 3.05) is 19.8 Å². The number of nitrogens with zero attached hydrogens (tertiary/aromatic N) is 3. The number of aryl methyl sites for hydroxylation is 1. The molecular formula is C9H15F3N4O. The Hall–Kier alpha value is -1.15. The van der Waals surface area contributed by atoms with Gasteiger partial charge in [-0.25, -0.2) is 0 Å². The molecule has 8 heteroatoms. The Morgan fingerprint density at radius 3 is 2.82 bits per heavy atom. The van der Waals surface area contributed by atoms with Gasteiger partial charge in [-0.15, -0.1) is 10.2 Å². The number of alkyl halides is 3. The summed E-state index contributed by atoms with van der Waals surface area (Å²) in [5.74, 6) is 0.779. The van der Waals surface area contributed by atoms with E-state index in [0.29, 0.717) is 19.5 Å². The Bertz CT molecular complexity index is 326. The first-order chi connectivity index (χ1) is 7.99. The molecule has 0 atom stereocenters. The number of halogens is 3. The molecule has 0 amide bonds. The van der Waals surface area contributed by atoms with Crippen molar-refractivity contribution >= 4 is 0 Å². The van der Waals surface area contributed by atoms with Gasteiger partial charge in [0, 0.05) is 13.7 Å². The molecule has 0 aromatic carbocycles. The monoisotopic (exact) mass is 252 g/mol. The van der Waals surface area contributed by atoms with Crippen LogP contribution in [0.1, 0.15) is 12.2 Å². The van der Waals surface area contributed by atoms with E-state index in [0.717, 1.165) is 5.82 Å². The van der Waals surface area contributed by atoms with E-state index >= 15 is 0 Å². The van der Waals surface area contributed by atoms with E-state index in [1.54, 1.807) is 10.9 Å². The van der Waals surface area contributed by atoms with Crippen LogP contribution in [0.3, 0.4) is 0 Å². The third-order valence-corrected chi connectivity index (χ3v) is 2.00. The van der Waals surface area contributed by atoms with Crippen LogP contribution in [0.4, 0.5) is 13.2 Å². The number of hydrogen-bond acceptors (Lipinski definition) is 4. The van der Waals surface area contributed by atoms with E-state index in [1.807, 2.05) is 7.05 Å². The average Bonchev–Trinajstić information content (AvgIpc) is 2.61. The highest BCUT2D eigenvalue weighted by Crippen LogP contribution is 2.14. The molecule has 1 N–H and O–H groups in total. The zero-order valence-corrected chi connectivity index (χ0v) is 9.50. The van der Waals surface area contributed by atoms with Crippen LogP contribution < -0.4 is 5.32 Å². The zero-order valence-electron chi connectivity index (χ0n) is 9.50. The van der Waals surface area contributed by atoms with Crippen LogP contribution in [0.2, 0.25) is 0 Å². The zero-order chi connectivity index (χ0) is 12.7. The van der Waals surface area contributed by atoms with Gasteiger partial charge in [-0.1, -0.05) is 0 Å². The first-order valence-corrected chi connectivity index (χ1v) is 5.17. The summed E-state index contributed by atoms with van der Waals surface area (Å²) in [5.41, 5.74) is 0. The molecule has 0 saturated heterocycles. The van der Waals surface area contributed by atoms with Crippen molar-refractivity contribution in [3.05, 3.63) is 12.2 Å². The van der Waals surface area contributed by atoms with E-state index in [9.17, 15) is 13.2 Å². The van der Waals surface area contributed by atoms with E-state index in [2.05, 4.69) is 20.3 Å². The Balaban J connectivity index is 1.97. The lowest BCUT2D eigenvalue weighted by Gasteiger charge is -2.07. The number of rotatable bonds is 7. The van der Waals surface area contributed by atoms with Crippen molar-refractivity contribution in [1.82, 2.24) is 20.1 Å². The number of aromatic nitrogens is 3. The van der Waals surface area contributed by atoms with Crippen LogP contribution in [0.25, 0.3) is 0 Å². The summed E-state index contributed by atoms with van der Waals surface area (Å²) in [6.07, 6.45) is -2.14. The van der Waals surface area contributed by atoms with Gasteiger partial charge in [-0.2, -0.15) is 13.2 Å². The molecule has 1 aromatic heterocycles. The van der Waals surface area contributed by atoms with Crippen molar-refractivity contribution in [1.29, 1.82) is 0 Å². The van der Waals surface area contributed by atoms with Crippen LogP contribution in [0, 0.1) is 0 Å². The molecule has 1 heterocycles. The Kier molecular flexibility index (Phi) is 5.36. The van der Waals surface area contributed by atoms with Gasteiger partial charge in [0.25, 0.3) is 0 Å². The van der Waals surface area contributed by atoms with Gasteiger partial charge in [-0.05, 0) is 13.0 Å². The fourth-order valence-electron chi connectivity index (χ4n) is 1.15. The quantitative estimate of drug-likeness (QED) is 0.732. The van der Waals surface area contributed by atoms with E-state index in [4.69, 9.17) is 0 Å². The fourth-order valence-corrected chi connectivity index (χ4v) is 1.15. The fraction of sp³-hybridized carbons (Fsp3) is 0.778. The van der Waals surface area contributed by atoms with Crippen molar-refractivity contribution in [3.8, 4) is 0 Å². The van der Waals surface area contributed by atoms with Crippen molar-refractivity contribution in [2.45, 2.75) is 19.1 Å². The van der Waals surface area contributed by atoms with Gasteiger partial charge in [0.1, 0.15) is 18.8 Å². The average molecular weight is 252 g/mol. The van der Waals surface area contributed by atoms with Crippen LogP contribution in [-0.4, -0.2) is 40.7 Å². The molecule has 17 heavy (non-hydrogen) atoms. The highest BCUT2D eigenvalue weighted by atomic mass is 19.4. The smallest absolute Gasteiger partial charge is 0.372 e. The first kappa shape index (κ1) is 13.9. The maximum absolute atomic E-state index is 11.7. The summed E-state index contributed by atoms with van der Waals surface area (Å²) in [5, 5.41) is 10.6. The predicted octanol–water partition coefficient (Wildman–Crippen LogP) is 0.874. The second kappa shape index (κ2) is 6.55. The number of hydrogen-bond donors (Lipinski definition) is 1. The molecule has 0 aliphatic heterocycles. The molecule has 0 radical (unpaired) electrons. The van der Waals surface area contributed by atoms with Crippen molar-refractivity contribution < 1.29 is 17.9 Å². The molecule has 0 spiro atoms. The topological polar surface area (TPSA) is 52.0 Å². The third kappa shape index (κ3) is 6.22. The molecule has 5 nitrogen and oxygen atoms in total. The second-order valence-corrected chi connectivity index (χ2v) is 3.56. The molecule has 0 unspecified atom stereocenters. The standard InChI is InChI=1S/C9H15F3N4O/c1-16-7-14-15-8(16)5-13-3-2-4-17-6-9(10,11)12/h7,13H,2-6H2,1H3. The van der Waals surface area contributed by atoms with Crippen LogP contribution in [0.5, 0.6) is 0 Å². The Morgan fingerprint density at radius 1 is 1.47 bits per heavy atom. The largest absolute Gasteiger partial charge is 0.411 e. The minimum atomic E-state index is -4.24. The van der Waals surface area contributed by atoms with E-state index < -0.39 is 12.8 Å². The van der Waals surface area contributed by atoms with E-state index in [1.165, 1.54) is 0 Å². The van der Waals surface area contributed by atoms with Crippen molar-refractivity contribution in [3.63, 3.8) is 0 Å². The Labute approximate surface area is 97.0 Å².